The maximum absolute atomic E-state index is 12.6. The standard InChI is InChI=1S/C15H18ClN5O5S/c16-7-4-9(10(18-5-7)14(25)21-2-1-3-21)27-15-13(24)11(19-20-17)12(23)8(6-22)26-15/h4-5,8,11-13,15,22-24H,1-3,6H2/t8?,11?,12-,13?,15+/m0/s1. The van der Waals surface area contributed by atoms with Crippen molar-refractivity contribution in [2.24, 2.45) is 5.11 Å². The highest BCUT2D eigenvalue weighted by atomic mass is 35.5. The number of aliphatic hydroxyl groups is 3. The van der Waals surface area contributed by atoms with Crippen LogP contribution in [0.5, 0.6) is 0 Å². The molecule has 2 saturated heterocycles. The second kappa shape index (κ2) is 8.61. The van der Waals surface area contributed by atoms with E-state index in [0.29, 0.717) is 23.0 Å². The first-order valence-electron chi connectivity index (χ1n) is 8.24. The minimum atomic E-state index is -1.37. The zero-order chi connectivity index (χ0) is 19.6. The van der Waals surface area contributed by atoms with Crippen molar-refractivity contribution < 1.29 is 24.9 Å². The lowest BCUT2D eigenvalue weighted by Gasteiger charge is -2.40. The quantitative estimate of drug-likeness (QED) is 0.365. The molecule has 3 N–H and O–H groups in total. The van der Waals surface area contributed by atoms with Gasteiger partial charge in [-0.1, -0.05) is 28.5 Å². The van der Waals surface area contributed by atoms with E-state index in [1.165, 1.54) is 12.3 Å². The molecule has 1 aromatic rings. The van der Waals surface area contributed by atoms with Gasteiger partial charge < -0.3 is 25.0 Å². The van der Waals surface area contributed by atoms with Gasteiger partial charge in [0.1, 0.15) is 23.3 Å². The molecule has 3 rings (SSSR count). The molecule has 10 nitrogen and oxygen atoms in total. The van der Waals surface area contributed by atoms with Crippen LogP contribution in [0.25, 0.3) is 10.4 Å². The van der Waals surface area contributed by atoms with Gasteiger partial charge in [0.25, 0.3) is 5.91 Å². The molecule has 2 aliphatic rings. The molecule has 12 heteroatoms. The number of pyridine rings is 1. The lowest BCUT2D eigenvalue weighted by molar-refractivity contribution is -0.159. The van der Waals surface area contributed by atoms with Gasteiger partial charge in [0.2, 0.25) is 0 Å². The number of halogens is 1. The highest BCUT2D eigenvalue weighted by molar-refractivity contribution is 8.00. The fraction of sp³-hybridized carbons (Fsp3) is 0.600. The van der Waals surface area contributed by atoms with E-state index in [-0.39, 0.29) is 11.6 Å². The van der Waals surface area contributed by atoms with Crippen LogP contribution in [0, 0.1) is 0 Å². The molecule has 3 heterocycles. The van der Waals surface area contributed by atoms with E-state index in [4.69, 9.17) is 21.9 Å². The highest BCUT2D eigenvalue weighted by Crippen LogP contribution is 2.37. The highest BCUT2D eigenvalue weighted by Gasteiger charge is 2.44. The molecule has 2 aliphatic heterocycles. The largest absolute Gasteiger partial charge is 0.394 e. The maximum Gasteiger partial charge on any atom is 0.273 e. The Morgan fingerprint density at radius 2 is 2.22 bits per heavy atom. The average molecular weight is 416 g/mol. The van der Waals surface area contributed by atoms with Crippen molar-refractivity contribution in [2.75, 3.05) is 19.7 Å². The van der Waals surface area contributed by atoms with E-state index in [0.717, 1.165) is 18.2 Å². The molecule has 27 heavy (non-hydrogen) atoms. The van der Waals surface area contributed by atoms with Crippen LogP contribution in [0.15, 0.2) is 22.3 Å². The molecular weight excluding hydrogens is 398 g/mol. The molecule has 1 amide bonds. The Morgan fingerprint density at radius 3 is 2.81 bits per heavy atom. The second-order valence-corrected chi connectivity index (χ2v) is 7.74. The van der Waals surface area contributed by atoms with E-state index < -0.39 is 36.4 Å². The lowest BCUT2D eigenvalue weighted by Crippen LogP contribution is -2.56. The summed E-state index contributed by atoms with van der Waals surface area (Å²) in [5, 5.41) is 33.7. The third kappa shape index (κ3) is 4.14. The molecule has 5 atom stereocenters. The Bertz CT molecular complexity index is 760. The first kappa shape index (κ1) is 20.2. The molecule has 0 radical (unpaired) electrons. The van der Waals surface area contributed by atoms with Crippen LogP contribution in [0.2, 0.25) is 5.02 Å². The van der Waals surface area contributed by atoms with Crippen molar-refractivity contribution >= 4 is 29.3 Å². The number of aromatic nitrogens is 1. The zero-order valence-corrected chi connectivity index (χ0v) is 15.6. The summed E-state index contributed by atoms with van der Waals surface area (Å²) in [6, 6.07) is 0.323. The molecule has 146 valence electrons. The third-order valence-electron chi connectivity index (χ3n) is 4.44. The summed E-state index contributed by atoms with van der Waals surface area (Å²) in [5.41, 5.74) is 7.85. The number of thioether (sulfide) groups is 1. The number of aliphatic hydroxyl groups excluding tert-OH is 3. The van der Waals surface area contributed by atoms with Crippen LogP contribution in [0.3, 0.4) is 0 Å². The Morgan fingerprint density at radius 1 is 1.48 bits per heavy atom. The number of rotatable bonds is 5. The van der Waals surface area contributed by atoms with Gasteiger partial charge >= 0.3 is 0 Å². The summed E-state index contributed by atoms with van der Waals surface area (Å²) in [4.78, 5) is 21.4. The van der Waals surface area contributed by atoms with Gasteiger partial charge in [0.15, 0.2) is 0 Å². The Hall–Kier alpha value is -1.59. The molecule has 0 aromatic carbocycles. The fourth-order valence-corrected chi connectivity index (χ4v) is 4.24. The monoisotopic (exact) mass is 415 g/mol. The Labute approximate surface area is 163 Å². The van der Waals surface area contributed by atoms with Crippen LogP contribution in [0.1, 0.15) is 16.9 Å². The van der Waals surface area contributed by atoms with Crippen LogP contribution < -0.4 is 0 Å². The summed E-state index contributed by atoms with van der Waals surface area (Å²) >= 11 is 6.98. The number of carbonyl (C=O) groups is 1. The lowest BCUT2D eigenvalue weighted by atomic mass is 9.98. The van der Waals surface area contributed by atoms with E-state index in [1.54, 1.807) is 4.90 Å². The Balaban J connectivity index is 1.87. The van der Waals surface area contributed by atoms with E-state index in [9.17, 15) is 20.1 Å². The van der Waals surface area contributed by atoms with Crippen LogP contribution in [-0.4, -0.2) is 80.6 Å². The number of likely N-dealkylation sites (tertiary alicyclic amines) is 1. The Kier molecular flexibility index (Phi) is 6.43. The van der Waals surface area contributed by atoms with Crippen molar-refractivity contribution in [2.45, 2.75) is 41.1 Å². The molecule has 0 aliphatic carbocycles. The molecule has 3 unspecified atom stereocenters. The maximum atomic E-state index is 12.6. The van der Waals surface area contributed by atoms with Gasteiger partial charge in [-0.25, -0.2) is 4.98 Å². The van der Waals surface area contributed by atoms with E-state index in [1.807, 2.05) is 0 Å². The minimum Gasteiger partial charge on any atom is -0.394 e. The SMILES string of the molecule is [N-]=[N+]=NC1C(O)[C@@H](Sc2cc(Cl)cnc2C(=O)N2CCC2)OC(CO)[C@@H]1O. The number of hydrogen-bond acceptors (Lipinski definition) is 8. The molecular formula is C15H18ClN5O5S. The molecule has 0 spiro atoms. The molecule has 1 aromatic heterocycles. The van der Waals surface area contributed by atoms with E-state index in [2.05, 4.69) is 15.0 Å². The number of amides is 1. The van der Waals surface area contributed by atoms with Gasteiger partial charge in [-0.15, -0.1) is 0 Å². The normalized spacial score (nSPS) is 30.4. The average Bonchev–Trinajstić information content (AvgIpc) is 2.59. The number of ether oxygens (including phenoxy) is 1. The number of hydrogen-bond donors (Lipinski definition) is 3. The predicted molar refractivity (Wildman–Crippen MR) is 96.3 cm³/mol. The van der Waals surface area contributed by atoms with Gasteiger partial charge in [0.05, 0.1) is 23.8 Å². The smallest absolute Gasteiger partial charge is 0.273 e. The first-order valence-corrected chi connectivity index (χ1v) is 9.50. The summed E-state index contributed by atoms with van der Waals surface area (Å²) in [5.74, 6) is -0.254. The summed E-state index contributed by atoms with van der Waals surface area (Å²) in [6.45, 7) is 0.761. The fourth-order valence-electron chi connectivity index (χ4n) is 2.83. The number of carbonyl (C=O) groups excluding carboxylic acids is 1. The number of azide groups is 1. The van der Waals surface area contributed by atoms with Crippen molar-refractivity contribution in [3.8, 4) is 0 Å². The van der Waals surface area contributed by atoms with Crippen molar-refractivity contribution in [3.05, 3.63) is 33.4 Å². The van der Waals surface area contributed by atoms with Gasteiger partial charge in [-0.3, -0.25) is 4.79 Å². The molecule has 0 bridgehead atoms. The molecule has 2 fully saturated rings. The van der Waals surface area contributed by atoms with Crippen LogP contribution in [0.4, 0.5) is 0 Å². The van der Waals surface area contributed by atoms with Crippen molar-refractivity contribution in [3.63, 3.8) is 0 Å². The van der Waals surface area contributed by atoms with Gasteiger partial charge in [-0.2, -0.15) is 0 Å². The number of nitrogens with zero attached hydrogens (tertiary/aromatic N) is 5. The second-order valence-electron chi connectivity index (χ2n) is 6.17. The summed E-state index contributed by atoms with van der Waals surface area (Å²) in [6.07, 6.45) is -1.49. The van der Waals surface area contributed by atoms with Crippen molar-refractivity contribution in [1.29, 1.82) is 0 Å². The third-order valence-corrected chi connectivity index (χ3v) is 5.84. The van der Waals surface area contributed by atoms with Crippen LogP contribution >= 0.6 is 23.4 Å². The summed E-state index contributed by atoms with van der Waals surface area (Å²) in [7, 11) is 0. The van der Waals surface area contributed by atoms with Gasteiger partial charge in [-0.05, 0) is 18.0 Å². The summed E-state index contributed by atoms with van der Waals surface area (Å²) < 4.78 is 5.55. The molecule has 0 saturated carbocycles. The van der Waals surface area contributed by atoms with Crippen LogP contribution in [-0.2, 0) is 4.74 Å². The predicted octanol–water partition coefficient (Wildman–Crippen LogP) is 0.791. The van der Waals surface area contributed by atoms with E-state index >= 15 is 0 Å². The topological polar surface area (TPSA) is 152 Å². The zero-order valence-electron chi connectivity index (χ0n) is 14.1. The minimum absolute atomic E-state index is 0.173. The van der Waals surface area contributed by atoms with Gasteiger partial charge in [0, 0.05) is 29.1 Å². The first-order chi connectivity index (χ1) is 13.0. The van der Waals surface area contributed by atoms with Crippen molar-refractivity contribution in [1.82, 2.24) is 9.88 Å².